The normalized spacial score (nSPS) is 11.9. The highest BCUT2D eigenvalue weighted by Gasteiger charge is 2.06. The second-order valence-electron chi connectivity index (χ2n) is 4.40. The van der Waals surface area contributed by atoms with Crippen molar-refractivity contribution in [3.63, 3.8) is 0 Å². The highest BCUT2D eigenvalue weighted by Crippen LogP contribution is 2.19. The van der Waals surface area contributed by atoms with Crippen molar-refractivity contribution in [2.24, 2.45) is 0 Å². The Bertz CT molecular complexity index is 512. The van der Waals surface area contributed by atoms with Crippen LogP contribution in [0.25, 0.3) is 12.0 Å². The zero-order valence-corrected chi connectivity index (χ0v) is 10.9. The summed E-state index contributed by atoms with van der Waals surface area (Å²) in [4.78, 5) is 3.91. The number of aryl methyl sites for hydroxylation is 1. The van der Waals surface area contributed by atoms with Crippen molar-refractivity contribution in [2.45, 2.75) is 26.9 Å². The van der Waals surface area contributed by atoms with Crippen molar-refractivity contribution in [1.82, 2.24) is 14.8 Å². The molecule has 0 amide bonds. The summed E-state index contributed by atoms with van der Waals surface area (Å²) in [5.74, 6) is 0.788. The number of aromatic nitrogens is 3. The first-order chi connectivity index (χ1) is 8.65. The minimum Gasteiger partial charge on any atom is -0.489 e. The number of hydrogen-bond donors (Lipinski definition) is 0. The highest BCUT2D eigenvalue weighted by atomic mass is 16.5. The lowest BCUT2D eigenvalue weighted by atomic mass is 10.1. The molecule has 0 spiro atoms. The van der Waals surface area contributed by atoms with E-state index in [1.165, 1.54) is 11.9 Å². The van der Waals surface area contributed by atoms with Gasteiger partial charge in [0.1, 0.15) is 18.4 Å². The monoisotopic (exact) mass is 243 g/mol. The van der Waals surface area contributed by atoms with E-state index in [-0.39, 0.29) is 6.10 Å². The summed E-state index contributed by atoms with van der Waals surface area (Å²) in [6.45, 7) is 6.07. The molecule has 1 heterocycles. The zero-order valence-electron chi connectivity index (χ0n) is 10.9. The molecule has 2 aromatic rings. The Morgan fingerprint density at radius 1 is 1.28 bits per heavy atom. The maximum atomic E-state index is 5.82. The Morgan fingerprint density at radius 2 is 2.00 bits per heavy atom. The van der Waals surface area contributed by atoms with Crippen molar-refractivity contribution in [2.75, 3.05) is 0 Å². The van der Waals surface area contributed by atoms with Gasteiger partial charge >= 0.3 is 0 Å². The van der Waals surface area contributed by atoms with Gasteiger partial charge in [0.2, 0.25) is 0 Å². The lowest BCUT2D eigenvalue weighted by Crippen LogP contribution is -2.03. The molecule has 4 heteroatoms. The molecule has 0 radical (unpaired) electrons. The Hall–Kier alpha value is -2.10. The minimum atomic E-state index is 0.112. The number of nitrogens with zero attached hydrogens (tertiary/aromatic N) is 3. The minimum absolute atomic E-state index is 0.112. The first kappa shape index (κ1) is 12.4. The highest BCUT2D eigenvalue weighted by molar-refractivity contribution is 5.70. The standard InChI is InChI=1S/C14H17N3O/c1-11(2)18-14(8-17-10-15-9-16-17)13-6-4-12(3)5-7-13/h4-11H,1-3H3. The zero-order chi connectivity index (χ0) is 13.0. The molecule has 18 heavy (non-hydrogen) atoms. The Balaban J connectivity index is 2.33. The molecule has 0 aliphatic rings. The van der Waals surface area contributed by atoms with Crippen LogP contribution in [0, 0.1) is 6.92 Å². The third-order valence-electron chi connectivity index (χ3n) is 2.38. The van der Waals surface area contributed by atoms with E-state index in [2.05, 4.69) is 29.1 Å². The molecule has 1 aromatic heterocycles. The summed E-state index contributed by atoms with van der Waals surface area (Å²) in [5, 5.41) is 4.06. The number of hydrogen-bond acceptors (Lipinski definition) is 3. The van der Waals surface area contributed by atoms with E-state index in [1.54, 1.807) is 11.0 Å². The summed E-state index contributed by atoms with van der Waals surface area (Å²) < 4.78 is 7.46. The fourth-order valence-corrected chi connectivity index (χ4v) is 1.55. The van der Waals surface area contributed by atoms with Gasteiger partial charge in [0.25, 0.3) is 0 Å². The van der Waals surface area contributed by atoms with Crippen molar-refractivity contribution in [3.8, 4) is 0 Å². The second-order valence-corrected chi connectivity index (χ2v) is 4.40. The molecule has 2 rings (SSSR count). The molecule has 0 N–H and O–H groups in total. The van der Waals surface area contributed by atoms with Gasteiger partial charge in [-0.05, 0) is 20.8 Å². The lowest BCUT2D eigenvalue weighted by molar-refractivity contribution is 0.205. The first-order valence-electron chi connectivity index (χ1n) is 5.95. The summed E-state index contributed by atoms with van der Waals surface area (Å²) in [6, 6.07) is 8.21. The van der Waals surface area contributed by atoms with Crippen LogP contribution in [0.3, 0.4) is 0 Å². The number of ether oxygens (including phenoxy) is 1. The van der Waals surface area contributed by atoms with E-state index in [0.717, 1.165) is 11.3 Å². The van der Waals surface area contributed by atoms with E-state index in [4.69, 9.17) is 4.74 Å². The van der Waals surface area contributed by atoms with Crippen molar-refractivity contribution < 1.29 is 4.74 Å². The molecule has 94 valence electrons. The van der Waals surface area contributed by atoms with E-state index in [9.17, 15) is 0 Å². The SMILES string of the molecule is Cc1ccc(C(=Cn2cncn2)OC(C)C)cc1. The molecule has 4 nitrogen and oxygen atoms in total. The maximum Gasteiger partial charge on any atom is 0.145 e. The van der Waals surface area contributed by atoms with Crippen molar-refractivity contribution in [1.29, 1.82) is 0 Å². The van der Waals surface area contributed by atoms with Crippen LogP contribution in [0.2, 0.25) is 0 Å². The third-order valence-corrected chi connectivity index (χ3v) is 2.38. The van der Waals surface area contributed by atoms with Crippen LogP contribution in [-0.4, -0.2) is 20.9 Å². The topological polar surface area (TPSA) is 39.9 Å². The van der Waals surface area contributed by atoms with Crippen LogP contribution in [-0.2, 0) is 4.74 Å². The molecule has 0 saturated heterocycles. The molecule has 0 aliphatic heterocycles. The predicted octanol–water partition coefficient (Wildman–Crippen LogP) is 2.97. The van der Waals surface area contributed by atoms with Crippen molar-refractivity contribution in [3.05, 3.63) is 48.0 Å². The summed E-state index contributed by atoms with van der Waals surface area (Å²) in [5.41, 5.74) is 2.26. The largest absolute Gasteiger partial charge is 0.489 e. The van der Waals surface area contributed by atoms with Crippen LogP contribution >= 0.6 is 0 Å². The molecule has 1 aromatic carbocycles. The summed E-state index contributed by atoms with van der Waals surface area (Å²) in [7, 11) is 0. The number of rotatable bonds is 4. The van der Waals surface area contributed by atoms with Gasteiger partial charge in [-0.15, -0.1) is 0 Å². The van der Waals surface area contributed by atoms with Gasteiger partial charge in [0.05, 0.1) is 12.3 Å². The predicted molar refractivity (Wildman–Crippen MR) is 71.6 cm³/mol. The van der Waals surface area contributed by atoms with E-state index in [0.29, 0.717) is 0 Å². The smallest absolute Gasteiger partial charge is 0.145 e. The van der Waals surface area contributed by atoms with Crippen LogP contribution in [0.5, 0.6) is 0 Å². The van der Waals surface area contributed by atoms with Gasteiger partial charge in [-0.3, -0.25) is 0 Å². The molecular formula is C14H17N3O. The molecule has 0 aliphatic carbocycles. The van der Waals surface area contributed by atoms with E-state index < -0.39 is 0 Å². The lowest BCUT2D eigenvalue weighted by Gasteiger charge is -2.14. The fraction of sp³-hybridized carbons (Fsp3) is 0.286. The van der Waals surface area contributed by atoms with Gasteiger partial charge in [0.15, 0.2) is 0 Å². The van der Waals surface area contributed by atoms with Gasteiger partial charge in [-0.2, -0.15) is 5.10 Å². The van der Waals surface area contributed by atoms with Gasteiger partial charge < -0.3 is 4.74 Å². The van der Waals surface area contributed by atoms with Gasteiger partial charge in [-0.25, -0.2) is 9.67 Å². The molecular weight excluding hydrogens is 226 g/mol. The Kier molecular flexibility index (Phi) is 3.77. The summed E-state index contributed by atoms with van der Waals surface area (Å²) in [6.07, 6.45) is 5.08. The molecule has 0 saturated carbocycles. The van der Waals surface area contributed by atoms with E-state index >= 15 is 0 Å². The van der Waals surface area contributed by atoms with Crippen LogP contribution in [0.15, 0.2) is 36.9 Å². The molecule has 0 bridgehead atoms. The fourth-order valence-electron chi connectivity index (χ4n) is 1.55. The van der Waals surface area contributed by atoms with Crippen molar-refractivity contribution >= 4 is 12.0 Å². The van der Waals surface area contributed by atoms with Gasteiger partial charge in [0, 0.05) is 5.56 Å². The molecule has 0 atom stereocenters. The number of benzene rings is 1. The van der Waals surface area contributed by atoms with Gasteiger partial charge in [-0.1, -0.05) is 29.8 Å². The van der Waals surface area contributed by atoms with Crippen LogP contribution in [0.4, 0.5) is 0 Å². The quantitative estimate of drug-likeness (QED) is 0.775. The van der Waals surface area contributed by atoms with Crippen LogP contribution in [0.1, 0.15) is 25.0 Å². The first-order valence-corrected chi connectivity index (χ1v) is 5.95. The molecule has 0 unspecified atom stereocenters. The third kappa shape index (κ3) is 3.20. The van der Waals surface area contributed by atoms with E-state index in [1.807, 2.05) is 32.2 Å². The average Bonchev–Trinajstić information content (AvgIpc) is 2.81. The maximum absolute atomic E-state index is 5.82. The Labute approximate surface area is 107 Å². The Morgan fingerprint density at radius 3 is 2.56 bits per heavy atom. The molecule has 0 fully saturated rings. The van der Waals surface area contributed by atoms with Crippen LogP contribution < -0.4 is 0 Å². The second kappa shape index (κ2) is 5.49. The summed E-state index contributed by atoms with van der Waals surface area (Å²) >= 11 is 0. The average molecular weight is 243 g/mol.